The first-order chi connectivity index (χ1) is 17.1. The van der Waals surface area contributed by atoms with Crippen LogP contribution in [0.4, 0.5) is 0 Å². The van der Waals surface area contributed by atoms with Gasteiger partial charge in [0.15, 0.2) is 0 Å². The molecule has 0 aromatic heterocycles. The van der Waals surface area contributed by atoms with E-state index in [-0.39, 0.29) is 18.4 Å². The average molecular weight is 473 g/mol. The molecule has 0 aliphatic carbocycles. The second-order valence-corrected chi connectivity index (χ2v) is 8.85. The summed E-state index contributed by atoms with van der Waals surface area (Å²) >= 11 is 0. The highest BCUT2D eigenvalue weighted by Crippen LogP contribution is 2.30. The Labute approximate surface area is 206 Å². The van der Waals surface area contributed by atoms with Gasteiger partial charge in [-0.05, 0) is 48.1 Å². The molecule has 0 bridgehead atoms. The van der Waals surface area contributed by atoms with Gasteiger partial charge in [-0.25, -0.2) is 0 Å². The molecule has 6 heteroatoms. The molecule has 1 atom stereocenters. The Kier molecular flexibility index (Phi) is 8.52. The smallest absolute Gasteiger partial charge is 0.303 e. The molecular formula is C29H32N2O4. The summed E-state index contributed by atoms with van der Waals surface area (Å²) in [6.07, 6.45) is 2.27. The average Bonchev–Trinajstić information content (AvgIpc) is 2.88. The van der Waals surface area contributed by atoms with Crippen LogP contribution in [0.3, 0.4) is 0 Å². The molecule has 35 heavy (non-hydrogen) atoms. The van der Waals surface area contributed by atoms with Crippen LogP contribution in [0.5, 0.6) is 11.5 Å². The van der Waals surface area contributed by atoms with Crippen molar-refractivity contribution < 1.29 is 19.4 Å². The zero-order chi connectivity index (χ0) is 24.5. The molecule has 3 aromatic carbocycles. The molecule has 0 saturated carbocycles. The number of aliphatic carboxylic acids is 1. The fraction of sp³-hybridized carbons (Fsp3) is 0.310. The van der Waals surface area contributed by atoms with Crippen LogP contribution in [0.15, 0.2) is 78.9 Å². The summed E-state index contributed by atoms with van der Waals surface area (Å²) in [6.45, 7) is 2.32. The molecule has 1 saturated heterocycles. The summed E-state index contributed by atoms with van der Waals surface area (Å²) in [5, 5.41) is 12.5. The molecule has 2 N–H and O–H groups in total. The number of benzene rings is 3. The van der Waals surface area contributed by atoms with Crippen LogP contribution in [0.2, 0.25) is 0 Å². The van der Waals surface area contributed by atoms with Crippen LogP contribution < -0.4 is 10.1 Å². The van der Waals surface area contributed by atoms with E-state index in [1.165, 1.54) is 5.56 Å². The second-order valence-electron chi connectivity index (χ2n) is 8.85. The number of nitrogens with one attached hydrogen (secondary N) is 1. The van der Waals surface area contributed by atoms with E-state index in [9.17, 15) is 9.59 Å². The summed E-state index contributed by atoms with van der Waals surface area (Å²) in [7, 11) is 0. The van der Waals surface area contributed by atoms with Gasteiger partial charge < -0.3 is 20.1 Å². The van der Waals surface area contributed by atoms with E-state index in [0.29, 0.717) is 37.3 Å². The number of nitrogens with zero attached hydrogens (tertiary/aromatic N) is 1. The zero-order valence-corrected chi connectivity index (χ0v) is 19.9. The Balaban J connectivity index is 1.41. The van der Waals surface area contributed by atoms with Crippen molar-refractivity contribution in [2.75, 3.05) is 19.6 Å². The van der Waals surface area contributed by atoms with Gasteiger partial charge >= 0.3 is 5.97 Å². The third-order valence-corrected chi connectivity index (χ3v) is 6.37. The predicted octanol–water partition coefficient (Wildman–Crippen LogP) is 4.47. The lowest BCUT2D eigenvalue weighted by Crippen LogP contribution is -2.54. The van der Waals surface area contributed by atoms with Gasteiger partial charge in [0.05, 0.1) is 0 Å². The van der Waals surface area contributed by atoms with E-state index in [1.807, 2.05) is 71.6 Å². The zero-order valence-electron chi connectivity index (χ0n) is 19.9. The van der Waals surface area contributed by atoms with Crippen LogP contribution in [-0.4, -0.2) is 47.6 Å². The molecule has 182 valence electrons. The van der Waals surface area contributed by atoms with Gasteiger partial charge in [-0.1, -0.05) is 66.7 Å². The first kappa shape index (κ1) is 24.5. The minimum absolute atomic E-state index is 0.0470. The Morgan fingerprint density at radius 1 is 0.857 bits per heavy atom. The molecule has 1 aliphatic heterocycles. The number of carboxylic acids is 1. The Morgan fingerprint density at radius 3 is 2.11 bits per heavy atom. The molecule has 6 nitrogen and oxygen atoms in total. The normalized spacial score (nSPS) is 15.5. The van der Waals surface area contributed by atoms with Crippen molar-refractivity contribution in [1.82, 2.24) is 10.2 Å². The monoisotopic (exact) mass is 472 g/mol. The molecule has 1 unspecified atom stereocenters. The number of carbonyl (C=O) groups excluding carboxylic acids is 1. The Morgan fingerprint density at radius 2 is 1.46 bits per heavy atom. The standard InChI is InChI=1S/C29H32N2O4/c32-28(31-19-18-30-21-25(31)20-22-8-2-1-3-9-22)16-14-23-10-4-6-12-26(23)35-27-13-7-5-11-24(27)15-17-29(33)34/h1-13,25,30H,14-21H2,(H,33,34). The highest BCUT2D eigenvalue weighted by Gasteiger charge is 2.26. The van der Waals surface area contributed by atoms with Crippen LogP contribution >= 0.6 is 0 Å². The highest BCUT2D eigenvalue weighted by atomic mass is 16.5. The summed E-state index contributed by atoms with van der Waals surface area (Å²) in [5.74, 6) is 0.670. The number of aryl methyl sites for hydroxylation is 2. The van der Waals surface area contributed by atoms with Crippen molar-refractivity contribution in [2.45, 2.75) is 38.1 Å². The quantitative estimate of drug-likeness (QED) is 0.455. The van der Waals surface area contributed by atoms with Gasteiger partial charge in [-0.15, -0.1) is 0 Å². The first-order valence-electron chi connectivity index (χ1n) is 12.2. The molecule has 0 radical (unpaired) electrons. The van der Waals surface area contributed by atoms with E-state index in [4.69, 9.17) is 9.84 Å². The van der Waals surface area contributed by atoms with Gasteiger partial charge in [0.1, 0.15) is 11.5 Å². The number of hydrogen-bond acceptors (Lipinski definition) is 4. The van der Waals surface area contributed by atoms with Gasteiger partial charge in [0.2, 0.25) is 5.91 Å². The summed E-state index contributed by atoms with van der Waals surface area (Å²) in [4.78, 5) is 26.3. The van der Waals surface area contributed by atoms with Crippen molar-refractivity contribution in [3.8, 4) is 11.5 Å². The van der Waals surface area contributed by atoms with E-state index in [1.54, 1.807) is 0 Å². The van der Waals surface area contributed by atoms with E-state index in [2.05, 4.69) is 17.4 Å². The third-order valence-electron chi connectivity index (χ3n) is 6.37. The van der Waals surface area contributed by atoms with Crippen molar-refractivity contribution in [3.05, 3.63) is 95.6 Å². The third kappa shape index (κ3) is 6.93. The lowest BCUT2D eigenvalue weighted by Gasteiger charge is -2.36. The van der Waals surface area contributed by atoms with Gasteiger partial charge in [0.25, 0.3) is 0 Å². The van der Waals surface area contributed by atoms with E-state index < -0.39 is 5.97 Å². The molecule has 0 spiro atoms. The number of carbonyl (C=O) groups is 2. The van der Waals surface area contributed by atoms with Crippen LogP contribution in [-0.2, 0) is 28.9 Å². The number of rotatable bonds is 10. The van der Waals surface area contributed by atoms with Gasteiger partial charge in [-0.2, -0.15) is 0 Å². The summed E-state index contributed by atoms with van der Waals surface area (Å²) in [5.41, 5.74) is 3.05. The first-order valence-corrected chi connectivity index (χ1v) is 12.2. The fourth-order valence-electron chi connectivity index (χ4n) is 4.52. The molecule has 1 heterocycles. The minimum atomic E-state index is -0.836. The fourth-order valence-corrected chi connectivity index (χ4v) is 4.52. The van der Waals surface area contributed by atoms with Crippen LogP contribution in [0.25, 0.3) is 0 Å². The van der Waals surface area contributed by atoms with Crippen molar-refractivity contribution in [3.63, 3.8) is 0 Å². The van der Waals surface area contributed by atoms with E-state index >= 15 is 0 Å². The molecule has 3 aromatic rings. The number of amides is 1. The molecule has 1 amide bonds. The largest absolute Gasteiger partial charge is 0.481 e. The summed E-state index contributed by atoms with van der Waals surface area (Å²) in [6, 6.07) is 25.7. The maximum atomic E-state index is 13.2. The maximum Gasteiger partial charge on any atom is 0.303 e. The maximum absolute atomic E-state index is 13.2. The molecule has 4 rings (SSSR count). The molecule has 1 fully saturated rings. The van der Waals surface area contributed by atoms with Crippen molar-refractivity contribution in [2.24, 2.45) is 0 Å². The number of piperazine rings is 1. The molecular weight excluding hydrogens is 440 g/mol. The number of hydrogen-bond donors (Lipinski definition) is 2. The second kappa shape index (κ2) is 12.2. The van der Waals surface area contributed by atoms with Gasteiger partial charge in [-0.3, -0.25) is 9.59 Å². The highest BCUT2D eigenvalue weighted by molar-refractivity contribution is 5.77. The lowest BCUT2D eigenvalue weighted by molar-refractivity contribution is -0.137. The molecule has 1 aliphatic rings. The SMILES string of the molecule is O=C(O)CCc1ccccc1Oc1ccccc1CCC(=O)N1CCNCC1Cc1ccccc1. The van der Waals surface area contributed by atoms with E-state index in [0.717, 1.165) is 30.6 Å². The van der Waals surface area contributed by atoms with Crippen molar-refractivity contribution >= 4 is 11.9 Å². The number of carboxylic acid groups (broad SMARTS) is 1. The van der Waals surface area contributed by atoms with Crippen LogP contribution in [0, 0.1) is 0 Å². The van der Waals surface area contributed by atoms with Gasteiger partial charge in [0, 0.05) is 38.5 Å². The number of ether oxygens (including phenoxy) is 1. The minimum Gasteiger partial charge on any atom is -0.481 e. The lowest BCUT2D eigenvalue weighted by atomic mass is 10.0. The number of para-hydroxylation sites is 2. The summed E-state index contributed by atoms with van der Waals surface area (Å²) < 4.78 is 6.22. The van der Waals surface area contributed by atoms with Crippen LogP contribution in [0.1, 0.15) is 29.5 Å². The Bertz CT molecular complexity index is 1130. The topological polar surface area (TPSA) is 78.9 Å². The predicted molar refractivity (Wildman–Crippen MR) is 136 cm³/mol. The Hall–Kier alpha value is -3.64. The van der Waals surface area contributed by atoms with Crippen molar-refractivity contribution in [1.29, 1.82) is 0 Å².